The Morgan fingerprint density at radius 3 is 2.85 bits per heavy atom. The van der Waals surface area contributed by atoms with E-state index < -0.39 is 0 Å². The van der Waals surface area contributed by atoms with Gasteiger partial charge in [0.15, 0.2) is 0 Å². The van der Waals surface area contributed by atoms with E-state index in [4.69, 9.17) is 16.3 Å². The Balaban J connectivity index is 2.22. The second-order valence-electron chi connectivity index (χ2n) is 4.28. The minimum Gasteiger partial charge on any atom is -0.438 e. The number of hydrogen-bond acceptors (Lipinski definition) is 4. The van der Waals surface area contributed by atoms with Crippen molar-refractivity contribution in [2.45, 2.75) is 20.3 Å². The van der Waals surface area contributed by atoms with Gasteiger partial charge in [-0.25, -0.2) is 9.97 Å². The summed E-state index contributed by atoms with van der Waals surface area (Å²) in [7, 11) is 0. The van der Waals surface area contributed by atoms with Crippen molar-refractivity contribution in [3.05, 3.63) is 39.6 Å². The number of rotatable bonds is 5. The number of anilines is 1. The predicted octanol–water partition coefficient (Wildman–Crippen LogP) is 4.82. The fraction of sp³-hybridized carbons (Fsp3) is 0.286. The molecular formula is C14H15BrClN3O. The number of halogens is 2. The summed E-state index contributed by atoms with van der Waals surface area (Å²) in [4.78, 5) is 8.32. The molecule has 0 unspecified atom stereocenters. The maximum absolute atomic E-state index is 6.00. The minimum atomic E-state index is 0.473. The van der Waals surface area contributed by atoms with E-state index in [9.17, 15) is 0 Å². The van der Waals surface area contributed by atoms with Crippen LogP contribution in [0.1, 0.15) is 18.9 Å². The fourth-order valence-electron chi connectivity index (χ4n) is 1.58. The highest BCUT2D eigenvalue weighted by Crippen LogP contribution is 2.32. The highest BCUT2D eigenvalue weighted by molar-refractivity contribution is 9.10. The highest BCUT2D eigenvalue weighted by Gasteiger charge is 2.11. The second kappa shape index (κ2) is 6.90. The van der Waals surface area contributed by atoms with Crippen LogP contribution in [0.5, 0.6) is 11.6 Å². The van der Waals surface area contributed by atoms with Crippen LogP contribution in [0.3, 0.4) is 0 Å². The van der Waals surface area contributed by atoms with Crippen molar-refractivity contribution in [3.63, 3.8) is 0 Å². The van der Waals surface area contributed by atoms with E-state index in [1.165, 1.54) is 6.33 Å². The monoisotopic (exact) mass is 355 g/mol. The van der Waals surface area contributed by atoms with Crippen LogP contribution in [0.25, 0.3) is 0 Å². The maximum atomic E-state index is 6.00. The minimum absolute atomic E-state index is 0.473. The third kappa shape index (κ3) is 3.61. The number of hydrogen-bond donors (Lipinski definition) is 1. The maximum Gasteiger partial charge on any atom is 0.238 e. The molecule has 0 radical (unpaired) electrons. The van der Waals surface area contributed by atoms with Crippen molar-refractivity contribution in [3.8, 4) is 11.6 Å². The predicted molar refractivity (Wildman–Crippen MR) is 84.8 cm³/mol. The van der Waals surface area contributed by atoms with Crippen LogP contribution in [0.4, 0.5) is 5.82 Å². The van der Waals surface area contributed by atoms with Crippen LogP contribution >= 0.6 is 27.5 Å². The standard InChI is InChI=1S/C14H15BrClN3O/c1-3-6-17-13-12(15)14(19-8-18-13)20-10-4-5-11(16)9(2)7-10/h4-5,7-8H,3,6H2,1-2H3,(H,17,18,19). The molecule has 20 heavy (non-hydrogen) atoms. The SMILES string of the molecule is CCCNc1ncnc(Oc2ccc(Cl)c(C)c2)c1Br. The average Bonchev–Trinajstić information content (AvgIpc) is 2.44. The Kier molecular flexibility index (Phi) is 5.20. The third-order valence-corrected chi connectivity index (χ3v) is 3.78. The van der Waals surface area contributed by atoms with Gasteiger partial charge in [-0.1, -0.05) is 18.5 Å². The largest absolute Gasteiger partial charge is 0.438 e. The molecule has 2 rings (SSSR count). The molecule has 4 nitrogen and oxygen atoms in total. The summed E-state index contributed by atoms with van der Waals surface area (Å²) < 4.78 is 6.48. The van der Waals surface area contributed by atoms with Gasteiger partial charge >= 0.3 is 0 Å². The Hall–Kier alpha value is -1.33. The van der Waals surface area contributed by atoms with Crippen LogP contribution in [0, 0.1) is 6.92 Å². The molecule has 0 aliphatic heterocycles. The molecule has 0 bridgehead atoms. The number of aromatic nitrogens is 2. The summed E-state index contributed by atoms with van der Waals surface area (Å²) in [6, 6.07) is 5.48. The van der Waals surface area contributed by atoms with Gasteiger partial charge < -0.3 is 10.1 Å². The van der Waals surface area contributed by atoms with E-state index in [1.54, 1.807) is 6.07 Å². The van der Waals surface area contributed by atoms with Gasteiger partial charge in [-0.15, -0.1) is 0 Å². The van der Waals surface area contributed by atoms with Crippen molar-refractivity contribution in [1.82, 2.24) is 9.97 Å². The van der Waals surface area contributed by atoms with Gasteiger partial charge in [0, 0.05) is 11.6 Å². The number of nitrogens with one attached hydrogen (secondary N) is 1. The number of benzene rings is 1. The van der Waals surface area contributed by atoms with Gasteiger partial charge in [0.1, 0.15) is 22.4 Å². The molecule has 1 aromatic heterocycles. The Morgan fingerprint density at radius 2 is 2.15 bits per heavy atom. The van der Waals surface area contributed by atoms with Crippen molar-refractivity contribution in [1.29, 1.82) is 0 Å². The topological polar surface area (TPSA) is 47.0 Å². The van der Waals surface area contributed by atoms with Gasteiger partial charge in [0.2, 0.25) is 5.88 Å². The Morgan fingerprint density at radius 1 is 1.35 bits per heavy atom. The molecule has 0 aliphatic rings. The zero-order valence-electron chi connectivity index (χ0n) is 11.3. The Labute approximate surface area is 131 Å². The molecule has 0 aliphatic carbocycles. The van der Waals surface area contributed by atoms with Crippen molar-refractivity contribution >= 4 is 33.3 Å². The summed E-state index contributed by atoms with van der Waals surface area (Å²) in [6.45, 7) is 4.86. The zero-order valence-corrected chi connectivity index (χ0v) is 13.6. The number of ether oxygens (including phenoxy) is 1. The first-order chi connectivity index (χ1) is 9.61. The van der Waals surface area contributed by atoms with Crippen LogP contribution < -0.4 is 10.1 Å². The first-order valence-electron chi connectivity index (χ1n) is 6.30. The average molecular weight is 357 g/mol. The molecule has 6 heteroatoms. The molecule has 1 N–H and O–H groups in total. The van der Waals surface area contributed by atoms with E-state index in [-0.39, 0.29) is 0 Å². The van der Waals surface area contributed by atoms with E-state index >= 15 is 0 Å². The van der Waals surface area contributed by atoms with Crippen LogP contribution in [-0.2, 0) is 0 Å². The van der Waals surface area contributed by atoms with Gasteiger partial charge in [0.25, 0.3) is 0 Å². The summed E-state index contributed by atoms with van der Waals surface area (Å²) in [6.07, 6.45) is 2.49. The first kappa shape index (κ1) is 15.1. The summed E-state index contributed by atoms with van der Waals surface area (Å²) in [5, 5.41) is 3.92. The normalized spacial score (nSPS) is 10.4. The second-order valence-corrected chi connectivity index (χ2v) is 5.48. The molecule has 0 amide bonds. The summed E-state index contributed by atoms with van der Waals surface area (Å²) in [5.74, 6) is 1.88. The number of aryl methyl sites for hydroxylation is 1. The van der Waals surface area contributed by atoms with E-state index in [0.29, 0.717) is 21.1 Å². The molecule has 0 saturated heterocycles. The van der Waals surface area contributed by atoms with Crippen molar-refractivity contribution < 1.29 is 4.74 Å². The van der Waals surface area contributed by atoms with Crippen molar-refractivity contribution in [2.75, 3.05) is 11.9 Å². The molecule has 1 aromatic carbocycles. The van der Waals surface area contributed by atoms with Gasteiger partial charge in [-0.2, -0.15) is 0 Å². The fourth-order valence-corrected chi connectivity index (χ4v) is 2.13. The molecule has 0 fully saturated rings. The van der Waals surface area contributed by atoms with Gasteiger partial charge in [-0.3, -0.25) is 0 Å². The van der Waals surface area contributed by atoms with E-state index in [1.807, 2.05) is 19.1 Å². The lowest BCUT2D eigenvalue weighted by atomic mass is 10.2. The number of nitrogens with zero attached hydrogens (tertiary/aromatic N) is 2. The van der Waals surface area contributed by atoms with Crippen LogP contribution in [0.15, 0.2) is 29.0 Å². The summed E-state index contributed by atoms with van der Waals surface area (Å²) in [5.41, 5.74) is 0.957. The molecule has 2 aromatic rings. The molecule has 0 saturated carbocycles. The lowest BCUT2D eigenvalue weighted by Gasteiger charge is -2.11. The smallest absolute Gasteiger partial charge is 0.238 e. The van der Waals surface area contributed by atoms with E-state index in [2.05, 4.69) is 38.1 Å². The third-order valence-electron chi connectivity index (χ3n) is 2.64. The lowest BCUT2D eigenvalue weighted by molar-refractivity contribution is 0.458. The van der Waals surface area contributed by atoms with Crippen molar-refractivity contribution in [2.24, 2.45) is 0 Å². The lowest BCUT2D eigenvalue weighted by Crippen LogP contribution is -2.04. The Bertz CT molecular complexity index is 607. The molecular weight excluding hydrogens is 342 g/mol. The highest BCUT2D eigenvalue weighted by atomic mass is 79.9. The summed E-state index contributed by atoms with van der Waals surface area (Å²) >= 11 is 9.46. The molecule has 1 heterocycles. The molecule has 0 atom stereocenters. The quantitative estimate of drug-likeness (QED) is 0.834. The first-order valence-corrected chi connectivity index (χ1v) is 7.47. The van der Waals surface area contributed by atoms with Gasteiger partial charge in [-0.05, 0) is 53.0 Å². The van der Waals surface area contributed by atoms with E-state index in [0.717, 1.165) is 24.3 Å². The van der Waals surface area contributed by atoms with Crippen LogP contribution in [0.2, 0.25) is 5.02 Å². The zero-order chi connectivity index (χ0) is 14.5. The molecule has 106 valence electrons. The van der Waals surface area contributed by atoms with Crippen LogP contribution in [-0.4, -0.2) is 16.5 Å². The van der Waals surface area contributed by atoms with Gasteiger partial charge in [0.05, 0.1) is 0 Å². The molecule has 0 spiro atoms.